The number of anilines is 2. The fourth-order valence-electron chi connectivity index (χ4n) is 2.82. The molecular weight excluding hydrogens is 420 g/mol. The second kappa shape index (κ2) is 8.13. The maximum absolute atomic E-state index is 12.7. The number of rotatable bonds is 5. The van der Waals surface area contributed by atoms with Crippen LogP contribution in [0.4, 0.5) is 17.1 Å². The lowest BCUT2D eigenvalue weighted by Gasteiger charge is -2.06. The predicted molar refractivity (Wildman–Crippen MR) is 120 cm³/mol. The third kappa shape index (κ3) is 4.12. The van der Waals surface area contributed by atoms with Crippen molar-refractivity contribution in [1.82, 2.24) is 4.98 Å². The van der Waals surface area contributed by atoms with E-state index in [4.69, 9.17) is 5.73 Å². The van der Waals surface area contributed by atoms with E-state index in [9.17, 15) is 14.9 Å². The number of nitrogens with one attached hydrogen (secondary N) is 1. The van der Waals surface area contributed by atoms with E-state index in [0.717, 1.165) is 25.7 Å². The van der Waals surface area contributed by atoms with Crippen molar-refractivity contribution in [2.75, 3.05) is 11.1 Å². The zero-order chi connectivity index (χ0) is 21.3. The average Bonchev–Trinajstić information content (AvgIpc) is 3.05. The number of carbonyl (C=O) groups excluding carboxylic acids is 1. The summed E-state index contributed by atoms with van der Waals surface area (Å²) in [4.78, 5) is 30.4. The number of nitrogens with zero attached hydrogens (tertiary/aromatic N) is 2. The lowest BCUT2D eigenvalue weighted by Crippen LogP contribution is -2.11. The molecule has 0 aliphatic heterocycles. The number of thiophene rings is 1. The summed E-state index contributed by atoms with van der Waals surface area (Å²) in [5.74, 6) is -0.274. The second-order valence-corrected chi connectivity index (χ2v) is 8.63. The summed E-state index contributed by atoms with van der Waals surface area (Å²) < 4.78 is 0. The molecule has 0 unspecified atom stereocenters. The number of nitro groups is 1. The highest BCUT2D eigenvalue weighted by Crippen LogP contribution is 2.33. The third-order valence-corrected chi connectivity index (χ3v) is 6.46. The molecule has 9 heteroatoms. The van der Waals surface area contributed by atoms with Crippen molar-refractivity contribution in [2.45, 2.75) is 16.7 Å². The molecule has 4 rings (SSSR count). The highest BCUT2D eigenvalue weighted by atomic mass is 32.2. The maximum Gasteiger partial charge on any atom is 0.269 e. The van der Waals surface area contributed by atoms with Gasteiger partial charge in [0.15, 0.2) is 0 Å². The van der Waals surface area contributed by atoms with E-state index in [-0.39, 0.29) is 11.6 Å². The van der Waals surface area contributed by atoms with Gasteiger partial charge in [0.2, 0.25) is 0 Å². The molecule has 4 aromatic rings. The minimum absolute atomic E-state index is 0.0586. The number of nitrogen functional groups attached to an aromatic ring is 1. The molecule has 0 fully saturated rings. The Morgan fingerprint density at radius 2 is 1.70 bits per heavy atom. The Hall–Kier alpha value is -3.43. The van der Waals surface area contributed by atoms with E-state index >= 15 is 0 Å². The number of fused-ring (bicyclic) bond motifs is 1. The first-order chi connectivity index (χ1) is 14.4. The number of pyridine rings is 1. The van der Waals surface area contributed by atoms with E-state index in [2.05, 4.69) is 10.3 Å². The first-order valence-electron chi connectivity index (χ1n) is 8.90. The number of aromatic nitrogens is 1. The number of nitrogens with two attached hydrogens (primary N) is 1. The first-order valence-corrected chi connectivity index (χ1v) is 10.5. The van der Waals surface area contributed by atoms with Crippen LogP contribution in [0.2, 0.25) is 0 Å². The third-order valence-electron chi connectivity index (χ3n) is 4.33. The van der Waals surface area contributed by atoms with Crippen LogP contribution in [0.15, 0.2) is 70.5 Å². The van der Waals surface area contributed by atoms with Crippen molar-refractivity contribution in [2.24, 2.45) is 0 Å². The van der Waals surface area contributed by atoms with Crippen LogP contribution in [-0.2, 0) is 0 Å². The summed E-state index contributed by atoms with van der Waals surface area (Å²) in [5, 5.41) is 14.4. The number of hydrogen-bond acceptors (Lipinski definition) is 7. The van der Waals surface area contributed by atoms with Crippen molar-refractivity contribution in [3.63, 3.8) is 0 Å². The van der Waals surface area contributed by atoms with Crippen LogP contribution >= 0.6 is 23.1 Å². The molecule has 7 nitrogen and oxygen atoms in total. The average molecular weight is 437 g/mol. The Balaban J connectivity index is 1.46. The molecule has 0 spiro atoms. The smallest absolute Gasteiger partial charge is 0.269 e. The Morgan fingerprint density at radius 1 is 1.07 bits per heavy atom. The lowest BCUT2D eigenvalue weighted by atomic mass is 10.2. The van der Waals surface area contributed by atoms with Crippen molar-refractivity contribution >= 4 is 56.3 Å². The van der Waals surface area contributed by atoms with Gasteiger partial charge in [-0.2, -0.15) is 0 Å². The van der Waals surface area contributed by atoms with Crippen molar-refractivity contribution in [1.29, 1.82) is 0 Å². The SMILES string of the molecule is Cc1ccc2c(N)c(C(=O)Nc3ccc(Sc4ccc([N+](=O)[O-])cc4)cc3)sc2n1. The van der Waals surface area contributed by atoms with Gasteiger partial charge in [-0.25, -0.2) is 4.98 Å². The van der Waals surface area contributed by atoms with Crippen molar-refractivity contribution in [3.8, 4) is 0 Å². The van der Waals surface area contributed by atoms with E-state index in [0.29, 0.717) is 16.3 Å². The van der Waals surface area contributed by atoms with Crippen LogP contribution in [0.3, 0.4) is 0 Å². The number of carbonyl (C=O) groups is 1. The van der Waals surface area contributed by atoms with Gasteiger partial charge in [-0.05, 0) is 55.5 Å². The summed E-state index contributed by atoms with van der Waals surface area (Å²) in [6.45, 7) is 1.89. The molecule has 0 bridgehead atoms. The Kier molecular flexibility index (Phi) is 5.39. The minimum atomic E-state index is -0.424. The van der Waals surface area contributed by atoms with Gasteiger partial charge in [0.05, 0.1) is 10.6 Å². The van der Waals surface area contributed by atoms with Crippen LogP contribution in [-0.4, -0.2) is 15.8 Å². The van der Waals surface area contributed by atoms with Gasteiger partial charge in [0.1, 0.15) is 9.71 Å². The van der Waals surface area contributed by atoms with Gasteiger partial charge in [0, 0.05) is 38.7 Å². The summed E-state index contributed by atoms with van der Waals surface area (Å²) in [5.41, 5.74) is 8.16. The standard InChI is InChI=1S/C21H16N4O3S2/c1-12-2-11-17-18(22)19(30-21(17)23-12)20(26)24-13-3-7-15(8-4-13)29-16-9-5-14(6-10-16)25(27)28/h2-11H,22H2,1H3,(H,24,26). The molecule has 1 amide bonds. The zero-order valence-electron chi connectivity index (χ0n) is 15.8. The second-order valence-electron chi connectivity index (χ2n) is 6.48. The van der Waals surface area contributed by atoms with Crippen LogP contribution in [0.5, 0.6) is 0 Å². The lowest BCUT2D eigenvalue weighted by molar-refractivity contribution is -0.384. The molecule has 2 aromatic heterocycles. The Labute approximate surface area is 180 Å². The number of nitro benzene ring substituents is 1. The molecule has 0 radical (unpaired) electrons. The predicted octanol–water partition coefficient (Wildman–Crippen LogP) is 5.50. The van der Waals surface area contributed by atoms with Gasteiger partial charge in [-0.15, -0.1) is 11.3 Å². The van der Waals surface area contributed by atoms with Gasteiger partial charge < -0.3 is 11.1 Å². The van der Waals surface area contributed by atoms with Crippen molar-refractivity contribution in [3.05, 3.63) is 81.3 Å². The molecule has 0 saturated carbocycles. The monoisotopic (exact) mass is 436 g/mol. The van der Waals surface area contributed by atoms with E-state index in [1.165, 1.54) is 35.2 Å². The zero-order valence-corrected chi connectivity index (χ0v) is 17.4. The van der Waals surface area contributed by atoms with Gasteiger partial charge in [-0.3, -0.25) is 14.9 Å². The van der Waals surface area contributed by atoms with Crippen LogP contribution < -0.4 is 11.1 Å². The molecule has 0 saturated heterocycles. The van der Waals surface area contributed by atoms with E-state index < -0.39 is 4.92 Å². The molecule has 2 heterocycles. The van der Waals surface area contributed by atoms with Crippen LogP contribution in [0.1, 0.15) is 15.4 Å². The molecule has 0 aliphatic carbocycles. The fourth-order valence-corrected chi connectivity index (χ4v) is 4.68. The summed E-state index contributed by atoms with van der Waals surface area (Å²) >= 11 is 2.75. The molecule has 0 aliphatic rings. The molecule has 0 atom stereocenters. The van der Waals surface area contributed by atoms with Crippen molar-refractivity contribution < 1.29 is 9.72 Å². The number of aryl methyl sites for hydroxylation is 1. The largest absolute Gasteiger partial charge is 0.397 e. The van der Waals surface area contributed by atoms with Crippen LogP contribution in [0.25, 0.3) is 10.2 Å². The topological polar surface area (TPSA) is 111 Å². The summed E-state index contributed by atoms with van der Waals surface area (Å²) in [6.07, 6.45) is 0. The first kappa shape index (κ1) is 19.9. The van der Waals surface area contributed by atoms with E-state index in [1.54, 1.807) is 24.3 Å². The number of non-ortho nitro benzene ring substituents is 1. The number of hydrogen-bond donors (Lipinski definition) is 2. The summed E-state index contributed by atoms with van der Waals surface area (Å²) in [6, 6.07) is 17.5. The number of benzene rings is 2. The fraction of sp³-hybridized carbons (Fsp3) is 0.0476. The minimum Gasteiger partial charge on any atom is -0.397 e. The van der Waals surface area contributed by atoms with Gasteiger partial charge in [0.25, 0.3) is 11.6 Å². The highest BCUT2D eigenvalue weighted by Gasteiger charge is 2.17. The maximum atomic E-state index is 12.7. The molecule has 150 valence electrons. The normalized spacial score (nSPS) is 10.8. The number of amides is 1. The highest BCUT2D eigenvalue weighted by molar-refractivity contribution is 7.99. The summed E-state index contributed by atoms with van der Waals surface area (Å²) in [7, 11) is 0. The van der Waals surface area contributed by atoms with Crippen LogP contribution in [0, 0.1) is 17.0 Å². The van der Waals surface area contributed by atoms with E-state index in [1.807, 2.05) is 31.2 Å². The quantitative estimate of drug-likeness (QED) is 0.316. The Bertz CT molecular complexity index is 1250. The molecule has 30 heavy (non-hydrogen) atoms. The molecule has 3 N–H and O–H groups in total. The molecular formula is C21H16N4O3S2. The molecule has 2 aromatic carbocycles. The Morgan fingerprint density at radius 3 is 2.33 bits per heavy atom. The van der Waals surface area contributed by atoms with Gasteiger partial charge >= 0.3 is 0 Å². The van der Waals surface area contributed by atoms with Gasteiger partial charge in [-0.1, -0.05) is 11.8 Å².